The molecule has 2 aromatic rings. The van der Waals surface area contributed by atoms with Crippen molar-refractivity contribution in [3.05, 3.63) is 52.8 Å². The van der Waals surface area contributed by atoms with Crippen LogP contribution in [0.5, 0.6) is 0 Å². The maximum Gasteiger partial charge on any atom is 0.358 e. The second-order valence-corrected chi connectivity index (χ2v) is 4.77. The fraction of sp³-hybridized carbons (Fsp3) is 0.133. The van der Waals surface area contributed by atoms with Crippen molar-refractivity contribution in [1.29, 1.82) is 0 Å². The summed E-state index contributed by atoms with van der Waals surface area (Å²) >= 11 is 6.00. The molecular weight excluding hydrogens is 306 g/mol. The second-order valence-electron chi connectivity index (χ2n) is 4.37. The minimum atomic E-state index is -0.578. The Morgan fingerprint density at radius 2 is 2.09 bits per heavy atom. The first-order valence-corrected chi connectivity index (χ1v) is 6.74. The Labute approximate surface area is 132 Å². The molecule has 0 spiro atoms. The van der Waals surface area contributed by atoms with Gasteiger partial charge in [0.05, 0.1) is 19.0 Å². The molecule has 0 atom stereocenters. The Morgan fingerprint density at radius 3 is 2.77 bits per heavy atom. The monoisotopic (exact) mass is 319 g/mol. The molecule has 1 N–H and O–H groups in total. The number of aryl methyl sites for hydroxylation is 1. The molecule has 22 heavy (non-hydrogen) atoms. The van der Waals surface area contributed by atoms with Crippen molar-refractivity contribution in [3.8, 4) is 0 Å². The number of aromatic nitrogens is 2. The molecule has 1 aromatic heterocycles. The summed E-state index contributed by atoms with van der Waals surface area (Å²) in [6, 6.07) is 7.14. The van der Waals surface area contributed by atoms with Gasteiger partial charge in [0.1, 0.15) is 0 Å². The van der Waals surface area contributed by atoms with Gasteiger partial charge >= 0.3 is 5.97 Å². The Morgan fingerprint density at radius 1 is 1.36 bits per heavy atom. The lowest BCUT2D eigenvalue weighted by Crippen LogP contribution is -2.14. The summed E-state index contributed by atoms with van der Waals surface area (Å²) in [5, 5.41) is 7.05. The molecule has 1 aromatic carbocycles. The molecule has 0 aliphatic heterocycles. The highest BCUT2D eigenvalue weighted by Crippen LogP contribution is 2.17. The van der Waals surface area contributed by atoms with Gasteiger partial charge < -0.3 is 10.1 Å². The van der Waals surface area contributed by atoms with Crippen molar-refractivity contribution in [2.24, 2.45) is 7.05 Å². The van der Waals surface area contributed by atoms with Gasteiger partial charge in [-0.25, -0.2) is 4.79 Å². The molecule has 0 saturated carbocycles. The van der Waals surface area contributed by atoms with Gasteiger partial charge in [-0.1, -0.05) is 29.8 Å². The van der Waals surface area contributed by atoms with E-state index < -0.39 is 11.9 Å². The van der Waals surface area contributed by atoms with Gasteiger partial charge in [0.2, 0.25) is 5.91 Å². The highest BCUT2D eigenvalue weighted by atomic mass is 35.5. The van der Waals surface area contributed by atoms with Crippen LogP contribution in [0, 0.1) is 0 Å². The average molecular weight is 320 g/mol. The van der Waals surface area contributed by atoms with E-state index in [9.17, 15) is 9.59 Å². The van der Waals surface area contributed by atoms with Gasteiger partial charge in [0, 0.05) is 18.1 Å². The molecule has 7 heteroatoms. The number of nitrogens with zero attached hydrogens (tertiary/aromatic N) is 2. The molecule has 1 amide bonds. The van der Waals surface area contributed by atoms with Gasteiger partial charge in [0.15, 0.2) is 5.69 Å². The Bertz CT molecular complexity index is 737. The van der Waals surface area contributed by atoms with Crippen LogP contribution in [0.25, 0.3) is 6.08 Å². The summed E-state index contributed by atoms with van der Waals surface area (Å²) in [6.45, 7) is 0. The van der Waals surface area contributed by atoms with E-state index in [0.29, 0.717) is 5.02 Å². The van der Waals surface area contributed by atoms with E-state index in [4.69, 9.17) is 11.6 Å². The molecule has 0 fully saturated rings. The Kier molecular flexibility index (Phi) is 4.95. The molecule has 0 aliphatic rings. The molecule has 114 valence electrons. The number of rotatable bonds is 4. The number of benzene rings is 1. The van der Waals surface area contributed by atoms with Crippen LogP contribution in [0.4, 0.5) is 5.69 Å². The van der Waals surface area contributed by atoms with Crippen LogP contribution >= 0.6 is 11.6 Å². The minimum Gasteiger partial charge on any atom is -0.464 e. The lowest BCUT2D eigenvalue weighted by molar-refractivity contribution is -0.111. The number of halogens is 1. The molecule has 2 rings (SSSR count). The predicted molar refractivity (Wildman–Crippen MR) is 83.7 cm³/mol. The number of carbonyl (C=O) groups is 2. The number of esters is 1. The van der Waals surface area contributed by atoms with Crippen molar-refractivity contribution in [1.82, 2.24) is 9.78 Å². The number of anilines is 1. The summed E-state index contributed by atoms with van der Waals surface area (Å²) in [5.41, 5.74) is 1.17. The number of carbonyl (C=O) groups excluding carboxylic acids is 2. The zero-order chi connectivity index (χ0) is 16.1. The third-order valence-corrected chi connectivity index (χ3v) is 3.24. The molecule has 0 bridgehead atoms. The normalized spacial score (nSPS) is 10.7. The first-order valence-electron chi connectivity index (χ1n) is 6.37. The first kappa shape index (κ1) is 15.8. The zero-order valence-electron chi connectivity index (χ0n) is 12.0. The van der Waals surface area contributed by atoms with Crippen LogP contribution in [0.2, 0.25) is 5.02 Å². The van der Waals surface area contributed by atoms with Crippen LogP contribution in [-0.4, -0.2) is 28.8 Å². The summed E-state index contributed by atoms with van der Waals surface area (Å²) in [4.78, 5) is 23.6. The largest absolute Gasteiger partial charge is 0.464 e. The standard InChI is InChI=1S/C15H14ClN3O3/c1-19-14(15(21)22-2)12(9-17-19)18-13(20)8-7-10-5-3-4-6-11(10)16/h3-9H,1-2H3,(H,18,20)/b8-7+. The second kappa shape index (κ2) is 6.91. The highest BCUT2D eigenvalue weighted by molar-refractivity contribution is 6.32. The molecule has 0 aliphatic carbocycles. The van der Waals surface area contributed by atoms with Gasteiger partial charge in [-0.3, -0.25) is 9.48 Å². The molecule has 1 heterocycles. The first-order chi connectivity index (χ1) is 10.5. The summed E-state index contributed by atoms with van der Waals surface area (Å²) in [5.74, 6) is -0.983. The summed E-state index contributed by atoms with van der Waals surface area (Å²) < 4.78 is 5.99. The van der Waals surface area contributed by atoms with Crippen molar-refractivity contribution in [2.45, 2.75) is 0 Å². The van der Waals surface area contributed by atoms with Gasteiger partial charge in [0.25, 0.3) is 0 Å². The van der Waals surface area contributed by atoms with Gasteiger partial charge in [-0.15, -0.1) is 0 Å². The van der Waals surface area contributed by atoms with Crippen LogP contribution in [0.1, 0.15) is 16.1 Å². The minimum absolute atomic E-state index is 0.169. The zero-order valence-corrected chi connectivity index (χ0v) is 12.8. The van der Waals surface area contributed by atoms with Crippen LogP contribution in [-0.2, 0) is 16.6 Å². The topological polar surface area (TPSA) is 73.2 Å². The van der Waals surface area contributed by atoms with Gasteiger partial charge in [-0.05, 0) is 17.7 Å². The van der Waals surface area contributed by atoms with Crippen molar-refractivity contribution < 1.29 is 14.3 Å². The molecule has 0 radical (unpaired) electrons. The van der Waals surface area contributed by atoms with Gasteiger partial charge in [-0.2, -0.15) is 5.10 Å². The van der Waals surface area contributed by atoms with E-state index in [-0.39, 0.29) is 11.4 Å². The molecule has 6 nitrogen and oxygen atoms in total. The predicted octanol–water partition coefficient (Wildman–Crippen LogP) is 2.51. The maximum absolute atomic E-state index is 11.9. The fourth-order valence-corrected chi connectivity index (χ4v) is 2.02. The number of nitrogens with one attached hydrogen (secondary N) is 1. The average Bonchev–Trinajstić information content (AvgIpc) is 2.86. The molecular formula is C15H14ClN3O3. The smallest absolute Gasteiger partial charge is 0.358 e. The number of hydrogen-bond acceptors (Lipinski definition) is 4. The number of hydrogen-bond donors (Lipinski definition) is 1. The number of amides is 1. The van der Waals surface area contributed by atoms with Crippen molar-refractivity contribution >= 4 is 35.2 Å². The van der Waals surface area contributed by atoms with Crippen LogP contribution < -0.4 is 5.32 Å². The van der Waals surface area contributed by atoms with Crippen molar-refractivity contribution in [3.63, 3.8) is 0 Å². The lowest BCUT2D eigenvalue weighted by Gasteiger charge is -2.04. The lowest BCUT2D eigenvalue weighted by atomic mass is 10.2. The van der Waals surface area contributed by atoms with Crippen LogP contribution in [0.15, 0.2) is 36.5 Å². The van der Waals surface area contributed by atoms with E-state index in [2.05, 4.69) is 15.2 Å². The Hall–Kier alpha value is -2.60. The molecule has 0 saturated heterocycles. The summed E-state index contributed by atoms with van der Waals surface area (Å²) in [7, 11) is 2.85. The third kappa shape index (κ3) is 3.53. The van der Waals surface area contributed by atoms with E-state index in [1.54, 1.807) is 31.3 Å². The quantitative estimate of drug-likeness (QED) is 0.694. The van der Waals surface area contributed by atoms with Crippen molar-refractivity contribution in [2.75, 3.05) is 12.4 Å². The number of methoxy groups -OCH3 is 1. The third-order valence-electron chi connectivity index (χ3n) is 2.89. The Balaban J connectivity index is 2.13. The SMILES string of the molecule is COC(=O)c1c(NC(=O)/C=C/c2ccccc2Cl)cnn1C. The van der Waals surface area contributed by atoms with Crippen LogP contribution in [0.3, 0.4) is 0 Å². The highest BCUT2D eigenvalue weighted by Gasteiger charge is 2.18. The van der Waals surface area contributed by atoms with E-state index in [0.717, 1.165) is 5.56 Å². The molecule has 0 unspecified atom stereocenters. The maximum atomic E-state index is 11.9. The number of ether oxygens (including phenoxy) is 1. The van der Waals surface area contributed by atoms with E-state index >= 15 is 0 Å². The van der Waals surface area contributed by atoms with E-state index in [1.807, 2.05) is 6.07 Å². The fourth-order valence-electron chi connectivity index (χ4n) is 1.82. The summed E-state index contributed by atoms with van der Waals surface area (Å²) in [6.07, 6.45) is 4.30. The van der Waals surface area contributed by atoms with E-state index in [1.165, 1.54) is 24.1 Å².